The minimum absolute atomic E-state index is 0.360. The van der Waals surface area contributed by atoms with Gasteiger partial charge in [0, 0.05) is 11.6 Å². The zero-order chi connectivity index (χ0) is 12.6. The van der Waals surface area contributed by atoms with Crippen LogP contribution in [0, 0.1) is 0 Å². The van der Waals surface area contributed by atoms with Gasteiger partial charge in [0.05, 0.1) is 20.3 Å². The number of aliphatic hydroxyl groups is 1. The summed E-state index contributed by atoms with van der Waals surface area (Å²) in [7, 11) is 2.99. The number of hydrogen-bond acceptors (Lipinski definition) is 5. The molecule has 0 fully saturated rings. The van der Waals surface area contributed by atoms with Gasteiger partial charge in [0.2, 0.25) is 0 Å². The van der Waals surface area contributed by atoms with Gasteiger partial charge in [-0.25, -0.2) is 4.79 Å². The third kappa shape index (κ3) is 1.82. The van der Waals surface area contributed by atoms with Crippen LogP contribution in [-0.4, -0.2) is 31.4 Å². The largest absolute Gasteiger partial charge is 0.497 e. The quantitative estimate of drug-likeness (QED) is 0.804. The van der Waals surface area contributed by atoms with Crippen molar-refractivity contribution in [3.63, 3.8) is 0 Å². The first-order chi connectivity index (χ1) is 8.08. The molecule has 0 radical (unpaired) electrons. The number of methoxy groups -OCH3 is 2. The van der Waals surface area contributed by atoms with Gasteiger partial charge < -0.3 is 19.3 Å². The maximum absolute atomic E-state index is 11.7. The van der Waals surface area contributed by atoms with Crippen LogP contribution in [0.15, 0.2) is 12.1 Å². The number of aliphatic hydroxyl groups excluding tert-OH is 1. The van der Waals surface area contributed by atoms with Crippen LogP contribution >= 0.6 is 0 Å². The fraction of sp³-hybridized carbons (Fsp3) is 0.417. The highest BCUT2D eigenvalue weighted by Gasteiger charge is 2.37. The Morgan fingerprint density at radius 1 is 1.35 bits per heavy atom. The van der Waals surface area contributed by atoms with Gasteiger partial charge in [-0.3, -0.25) is 0 Å². The van der Waals surface area contributed by atoms with Crippen molar-refractivity contribution in [2.24, 2.45) is 0 Å². The lowest BCUT2D eigenvalue weighted by atomic mass is 10.0. The summed E-state index contributed by atoms with van der Waals surface area (Å²) in [5.41, 5.74) is 0.959. The average Bonchev–Trinajstić information content (AvgIpc) is 2.66. The SMILES string of the molecule is COc1cc(OC)c2c(c1)C([C@H](C)O)OC2=O. The number of esters is 1. The predicted molar refractivity (Wildman–Crippen MR) is 59.4 cm³/mol. The maximum Gasteiger partial charge on any atom is 0.343 e. The normalized spacial score (nSPS) is 19.5. The first-order valence-corrected chi connectivity index (χ1v) is 5.23. The Hall–Kier alpha value is -1.75. The van der Waals surface area contributed by atoms with Crippen LogP contribution in [0.1, 0.15) is 28.9 Å². The molecule has 1 aromatic rings. The summed E-state index contributed by atoms with van der Waals surface area (Å²) in [6.45, 7) is 1.57. The molecule has 1 aliphatic heterocycles. The van der Waals surface area contributed by atoms with Gasteiger partial charge in [0.15, 0.2) is 6.10 Å². The fourth-order valence-electron chi connectivity index (χ4n) is 1.93. The van der Waals surface area contributed by atoms with E-state index in [0.717, 1.165) is 0 Å². The lowest BCUT2D eigenvalue weighted by Gasteiger charge is -2.14. The standard InChI is InChI=1S/C12H14O5/c1-6(13)11-8-4-7(15-2)5-9(16-3)10(8)12(14)17-11/h4-6,11,13H,1-3H3/t6-,11?/m0/s1. The van der Waals surface area contributed by atoms with E-state index in [9.17, 15) is 9.90 Å². The molecule has 92 valence electrons. The smallest absolute Gasteiger partial charge is 0.343 e. The molecule has 0 bridgehead atoms. The molecule has 0 saturated heterocycles. The van der Waals surface area contributed by atoms with Gasteiger partial charge >= 0.3 is 5.97 Å². The molecule has 2 atom stereocenters. The van der Waals surface area contributed by atoms with Gasteiger partial charge in [-0.2, -0.15) is 0 Å². The molecule has 0 saturated carbocycles. The van der Waals surface area contributed by atoms with E-state index in [0.29, 0.717) is 22.6 Å². The Morgan fingerprint density at radius 3 is 2.59 bits per heavy atom. The van der Waals surface area contributed by atoms with Crippen molar-refractivity contribution in [1.29, 1.82) is 0 Å². The first kappa shape index (κ1) is 11.7. The molecule has 1 N–H and O–H groups in total. The van der Waals surface area contributed by atoms with Gasteiger partial charge in [0.1, 0.15) is 17.1 Å². The third-order valence-electron chi connectivity index (χ3n) is 2.74. The number of carbonyl (C=O) groups excluding carboxylic acids is 1. The molecule has 1 unspecified atom stereocenters. The van der Waals surface area contributed by atoms with E-state index in [1.54, 1.807) is 19.1 Å². The number of cyclic esters (lactones) is 1. The molecule has 5 heteroatoms. The number of benzene rings is 1. The summed E-state index contributed by atoms with van der Waals surface area (Å²) in [5.74, 6) is 0.474. The minimum Gasteiger partial charge on any atom is -0.497 e. The summed E-state index contributed by atoms with van der Waals surface area (Å²) in [6, 6.07) is 3.30. The zero-order valence-electron chi connectivity index (χ0n) is 9.89. The summed E-state index contributed by atoms with van der Waals surface area (Å²) in [6.07, 6.45) is -1.45. The molecule has 1 heterocycles. The third-order valence-corrected chi connectivity index (χ3v) is 2.74. The van der Waals surface area contributed by atoms with Crippen LogP contribution < -0.4 is 9.47 Å². The fourth-order valence-corrected chi connectivity index (χ4v) is 1.93. The van der Waals surface area contributed by atoms with Crippen LogP contribution in [0.2, 0.25) is 0 Å². The monoisotopic (exact) mass is 238 g/mol. The van der Waals surface area contributed by atoms with Crippen LogP contribution in [-0.2, 0) is 4.74 Å². The Balaban J connectivity index is 2.59. The van der Waals surface area contributed by atoms with Gasteiger partial charge in [0.25, 0.3) is 0 Å². The lowest BCUT2D eigenvalue weighted by Crippen LogP contribution is -2.14. The van der Waals surface area contributed by atoms with Crippen LogP contribution in [0.5, 0.6) is 11.5 Å². The van der Waals surface area contributed by atoms with Crippen molar-refractivity contribution in [3.8, 4) is 11.5 Å². The van der Waals surface area contributed by atoms with Gasteiger partial charge in [-0.1, -0.05) is 0 Å². The summed E-state index contributed by atoms with van der Waals surface area (Å²) >= 11 is 0. The van der Waals surface area contributed by atoms with Crippen molar-refractivity contribution in [3.05, 3.63) is 23.3 Å². The lowest BCUT2D eigenvalue weighted by molar-refractivity contribution is -0.00282. The van der Waals surface area contributed by atoms with Crippen molar-refractivity contribution >= 4 is 5.97 Å². The molecule has 0 spiro atoms. The van der Waals surface area contributed by atoms with Crippen LogP contribution in [0.3, 0.4) is 0 Å². The highest BCUT2D eigenvalue weighted by Crippen LogP contribution is 2.40. The first-order valence-electron chi connectivity index (χ1n) is 5.23. The maximum atomic E-state index is 11.7. The van der Waals surface area contributed by atoms with Crippen LogP contribution in [0.4, 0.5) is 0 Å². The number of hydrogen-bond donors (Lipinski definition) is 1. The zero-order valence-corrected chi connectivity index (χ0v) is 9.89. The topological polar surface area (TPSA) is 65.0 Å². The van der Waals surface area contributed by atoms with Crippen LogP contribution in [0.25, 0.3) is 0 Å². The Bertz CT molecular complexity index is 452. The molecule has 0 amide bonds. The van der Waals surface area contributed by atoms with E-state index in [-0.39, 0.29) is 0 Å². The predicted octanol–water partition coefficient (Wildman–Crippen LogP) is 1.30. The molecule has 1 aromatic carbocycles. The van der Waals surface area contributed by atoms with Gasteiger partial charge in [-0.05, 0) is 13.0 Å². The minimum atomic E-state index is -0.781. The summed E-state index contributed by atoms with van der Waals surface area (Å²) in [4.78, 5) is 11.7. The van der Waals surface area contributed by atoms with E-state index < -0.39 is 18.2 Å². The Kier molecular flexibility index (Phi) is 2.93. The number of ether oxygens (including phenoxy) is 3. The van der Waals surface area contributed by atoms with Crippen molar-refractivity contribution < 1.29 is 24.1 Å². The molecule has 0 aliphatic carbocycles. The Morgan fingerprint density at radius 2 is 2.06 bits per heavy atom. The molecule has 1 aliphatic rings. The van der Waals surface area contributed by atoms with E-state index in [2.05, 4.69) is 0 Å². The van der Waals surface area contributed by atoms with E-state index in [1.165, 1.54) is 14.2 Å². The van der Waals surface area contributed by atoms with Crippen molar-refractivity contribution in [2.45, 2.75) is 19.1 Å². The molecule has 5 nitrogen and oxygen atoms in total. The summed E-state index contributed by atoms with van der Waals surface area (Å²) < 4.78 is 15.4. The second-order valence-electron chi connectivity index (χ2n) is 3.86. The molecule has 0 aromatic heterocycles. The highest BCUT2D eigenvalue weighted by molar-refractivity contribution is 5.97. The number of fused-ring (bicyclic) bond motifs is 1. The van der Waals surface area contributed by atoms with E-state index in [4.69, 9.17) is 14.2 Å². The second-order valence-corrected chi connectivity index (χ2v) is 3.86. The Labute approximate surface area is 98.9 Å². The average molecular weight is 238 g/mol. The number of carbonyl (C=O) groups is 1. The number of rotatable bonds is 3. The van der Waals surface area contributed by atoms with E-state index >= 15 is 0 Å². The molecule has 2 rings (SSSR count). The van der Waals surface area contributed by atoms with Crippen molar-refractivity contribution in [1.82, 2.24) is 0 Å². The summed E-state index contributed by atoms with van der Waals surface area (Å²) in [5, 5.41) is 9.59. The van der Waals surface area contributed by atoms with Crippen molar-refractivity contribution in [2.75, 3.05) is 14.2 Å². The second kappa shape index (κ2) is 4.25. The van der Waals surface area contributed by atoms with Gasteiger partial charge in [-0.15, -0.1) is 0 Å². The molecular weight excluding hydrogens is 224 g/mol. The van der Waals surface area contributed by atoms with E-state index in [1.807, 2.05) is 0 Å². The molecular formula is C12H14O5. The molecule has 17 heavy (non-hydrogen) atoms. The highest BCUT2D eigenvalue weighted by atomic mass is 16.6.